The fraction of sp³-hybridized carbons (Fsp3) is 0.321. The van der Waals surface area contributed by atoms with Crippen molar-refractivity contribution in [1.29, 1.82) is 0 Å². The Balaban J connectivity index is 0.00000507. The van der Waals surface area contributed by atoms with Crippen molar-refractivity contribution in [3.8, 4) is 0 Å². The summed E-state index contributed by atoms with van der Waals surface area (Å²) in [5.41, 5.74) is -3.71. The molecule has 10 heteroatoms. The monoisotopic (exact) mass is 619 g/mol. The summed E-state index contributed by atoms with van der Waals surface area (Å²) in [5, 5.41) is 5.00. The minimum Gasteiger partial charge on any atom is -1.00 e. The van der Waals surface area contributed by atoms with Crippen LogP contribution in [-0.4, -0.2) is 24.3 Å². The number of halogens is 7. The van der Waals surface area contributed by atoms with Crippen molar-refractivity contribution < 1.29 is 48.1 Å². The molecule has 0 spiro atoms. The Labute approximate surface area is 229 Å². The third kappa shape index (κ3) is 7.38. The summed E-state index contributed by atoms with van der Waals surface area (Å²) < 4.78 is 80.0. The average molecular weight is 620 g/mol. The Morgan fingerprint density at radius 3 is 1.55 bits per heavy atom. The van der Waals surface area contributed by atoms with Gasteiger partial charge in [0.15, 0.2) is 0 Å². The number of alkyl halides is 6. The van der Waals surface area contributed by atoms with Gasteiger partial charge in [0.25, 0.3) is 5.91 Å². The molecule has 0 saturated heterocycles. The SMILES string of the molecule is CC[P+](C[C@@H](NC(=O)c1cc(C(F)(F)F)cc(C(F)(F)F)c1)C(C)C)(c1ccccc1)c1ccccc1.[Br-]. The Bertz CT molecular complexity index is 1130. The molecule has 3 rings (SSSR count). The summed E-state index contributed by atoms with van der Waals surface area (Å²) in [4.78, 5) is 13.1. The molecule has 2 nitrogen and oxygen atoms in total. The second-order valence-electron chi connectivity index (χ2n) is 9.26. The second kappa shape index (κ2) is 12.6. The summed E-state index contributed by atoms with van der Waals surface area (Å²) in [6.07, 6.45) is -8.79. The maximum Gasteiger partial charge on any atom is 0.416 e. The first-order valence-corrected chi connectivity index (χ1v) is 14.0. The highest BCUT2D eigenvalue weighted by molar-refractivity contribution is 7.89. The molecule has 0 aliphatic heterocycles. The van der Waals surface area contributed by atoms with E-state index in [4.69, 9.17) is 0 Å². The smallest absolute Gasteiger partial charge is 0.416 e. The maximum absolute atomic E-state index is 13.3. The highest BCUT2D eigenvalue weighted by atomic mass is 79.9. The van der Waals surface area contributed by atoms with Crippen LogP contribution in [0, 0.1) is 5.92 Å². The molecule has 3 aromatic rings. The van der Waals surface area contributed by atoms with E-state index in [9.17, 15) is 31.1 Å². The highest BCUT2D eigenvalue weighted by Gasteiger charge is 2.44. The summed E-state index contributed by atoms with van der Waals surface area (Å²) in [6, 6.07) is 20.2. The van der Waals surface area contributed by atoms with Crippen LogP contribution in [0.1, 0.15) is 42.3 Å². The first kappa shape index (κ1) is 31.8. The molecule has 0 heterocycles. The standard InChI is InChI=1S/C28H28F6NOP.BrH/c1-4-37(23-11-7-5-8-12-23,24-13-9-6-10-14-24)18-25(19(2)3)35-26(36)20-15-21(27(29,30)31)17-22(16-20)28(32,33)34;/h5-17,19,25H,4,18H2,1-3H3;1H/t25-;/m1./s1. The van der Waals surface area contributed by atoms with Crippen LogP contribution in [0.5, 0.6) is 0 Å². The second-order valence-corrected chi connectivity index (χ2v) is 13.2. The number of hydrogen-bond acceptors (Lipinski definition) is 1. The molecule has 206 valence electrons. The van der Waals surface area contributed by atoms with Crippen molar-refractivity contribution in [2.75, 3.05) is 12.3 Å². The summed E-state index contributed by atoms with van der Waals surface area (Å²) in [7, 11) is -2.09. The van der Waals surface area contributed by atoms with Crippen molar-refractivity contribution in [2.24, 2.45) is 5.92 Å². The van der Waals surface area contributed by atoms with Gasteiger partial charge in [0.2, 0.25) is 0 Å². The molecule has 38 heavy (non-hydrogen) atoms. The van der Waals surface area contributed by atoms with Crippen LogP contribution in [0.15, 0.2) is 78.9 Å². The number of amides is 1. The van der Waals surface area contributed by atoms with Gasteiger partial charge in [-0.1, -0.05) is 50.2 Å². The molecule has 1 atom stereocenters. The van der Waals surface area contributed by atoms with Gasteiger partial charge in [0.05, 0.1) is 47.4 Å². The van der Waals surface area contributed by atoms with E-state index in [0.29, 0.717) is 18.3 Å². The van der Waals surface area contributed by atoms with Crippen LogP contribution in [-0.2, 0) is 12.4 Å². The van der Waals surface area contributed by atoms with Gasteiger partial charge in [0.1, 0.15) is 0 Å². The van der Waals surface area contributed by atoms with Crippen LogP contribution < -0.4 is 32.9 Å². The lowest BCUT2D eigenvalue weighted by Crippen LogP contribution is -3.00. The van der Waals surface area contributed by atoms with E-state index in [1.807, 2.05) is 74.5 Å². The zero-order chi connectivity index (χ0) is 27.4. The Morgan fingerprint density at radius 2 is 1.21 bits per heavy atom. The quantitative estimate of drug-likeness (QED) is 0.298. The van der Waals surface area contributed by atoms with E-state index >= 15 is 0 Å². The van der Waals surface area contributed by atoms with Gasteiger partial charge in [-0.05, 0) is 55.3 Å². The number of carbonyl (C=O) groups is 1. The number of nitrogens with one attached hydrogen (secondary N) is 1. The molecule has 1 amide bonds. The van der Waals surface area contributed by atoms with Gasteiger partial charge >= 0.3 is 12.4 Å². The van der Waals surface area contributed by atoms with Crippen molar-refractivity contribution in [2.45, 2.75) is 39.2 Å². The van der Waals surface area contributed by atoms with Crippen molar-refractivity contribution in [3.63, 3.8) is 0 Å². The fourth-order valence-electron chi connectivity index (χ4n) is 4.38. The van der Waals surface area contributed by atoms with Crippen LogP contribution >= 0.6 is 7.26 Å². The van der Waals surface area contributed by atoms with Gasteiger partial charge in [-0.25, -0.2) is 0 Å². The minimum absolute atomic E-state index is 0. The third-order valence-electron chi connectivity index (χ3n) is 6.52. The zero-order valence-electron chi connectivity index (χ0n) is 21.1. The highest BCUT2D eigenvalue weighted by Crippen LogP contribution is 2.57. The number of carbonyl (C=O) groups excluding carboxylic acids is 1. The number of rotatable bonds is 8. The lowest BCUT2D eigenvalue weighted by atomic mass is 10.0. The van der Waals surface area contributed by atoms with Gasteiger partial charge in [-0.2, -0.15) is 26.3 Å². The van der Waals surface area contributed by atoms with Crippen molar-refractivity contribution >= 4 is 23.8 Å². The molecule has 0 saturated carbocycles. The minimum atomic E-state index is -5.03. The first-order valence-electron chi connectivity index (χ1n) is 11.9. The molecular weight excluding hydrogens is 591 g/mol. The zero-order valence-corrected chi connectivity index (χ0v) is 23.6. The molecule has 0 aliphatic carbocycles. The van der Waals surface area contributed by atoms with Gasteiger partial charge in [0, 0.05) is 5.56 Å². The predicted octanol–water partition coefficient (Wildman–Crippen LogP) is 4.17. The molecule has 1 N–H and O–H groups in total. The van der Waals surface area contributed by atoms with Gasteiger partial charge in [-0.3, -0.25) is 4.79 Å². The van der Waals surface area contributed by atoms with Crippen LogP contribution in [0.2, 0.25) is 0 Å². The Hall–Kier alpha value is -2.38. The van der Waals surface area contributed by atoms with Crippen LogP contribution in [0.25, 0.3) is 0 Å². The van der Waals surface area contributed by atoms with E-state index in [1.165, 1.54) is 0 Å². The van der Waals surface area contributed by atoms with E-state index in [1.54, 1.807) is 0 Å². The third-order valence-corrected chi connectivity index (χ3v) is 11.2. The van der Waals surface area contributed by atoms with Crippen molar-refractivity contribution in [3.05, 3.63) is 95.6 Å². The van der Waals surface area contributed by atoms with Gasteiger partial charge < -0.3 is 22.3 Å². The Kier molecular flexibility index (Phi) is 10.6. The molecule has 0 unspecified atom stereocenters. The molecule has 0 fully saturated rings. The van der Waals surface area contributed by atoms with E-state index in [-0.39, 0.29) is 29.0 Å². The lowest BCUT2D eigenvalue weighted by Gasteiger charge is -2.32. The fourth-order valence-corrected chi connectivity index (χ4v) is 8.76. The molecule has 0 bridgehead atoms. The molecular formula is C28H29BrF6NOP. The average Bonchev–Trinajstić information content (AvgIpc) is 2.86. The van der Waals surface area contributed by atoms with Crippen LogP contribution in [0.3, 0.4) is 0 Å². The largest absolute Gasteiger partial charge is 1.00 e. The topological polar surface area (TPSA) is 29.1 Å². The summed E-state index contributed by atoms with van der Waals surface area (Å²) in [6.45, 7) is 5.81. The summed E-state index contributed by atoms with van der Waals surface area (Å²) in [5.74, 6) is -1.10. The van der Waals surface area contributed by atoms with E-state index < -0.39 is 48.3 Å². The lowest BCUT2D eigenvalue weighted by molar-refractivity contribution is -0.143. The number of benzene rings is 3. The molecule has 0 radical (unpaired) electrons. The molecule has 0 aromatic heterocycles. The van der Waals surface area contributed by atoms with E-state index in [0.717, 1.165) is 16.8 Å². The normalized spacial score (nSPS) is 13.1. The Morgan fingerprint density at radius 1 is 0.789 bits per heavy atom. The summed E-state index contributed by atoms with van der Waals surface area (Å²) >= 11 is 0. The van der Waals surface area contributed by atoms with Crippen molar-refractivity contribution in [1.82, 2.24) is 5.32 Å². The maximum atomic E-state index is 13.3. The first-order chi connectivity index (χ1) is 17.3. The van der Waals surface area contributed by atoms with Crippen LogP contribution in [0.4, 0.5) is 26.3 Å². The van der Waals surface area contributed by atoms with E-state index in [2.05, 4.69) is 12.2 Å². The molecule has 3 aromatic carbocycles. The number of hydrogen-bond donors (Lipinski definition) is 1. The predicted molar refractivity (Wildman–Crippen MR) is 137 cm³/mol. The van der Waals surface area contributed by atoms with Gasteiger partial charge in [-0.15, -0.1) is 0 Å². The molecule has 0 aliphatic rings.